The first kappa shape index (κ1) is 17.8. The molecule has 1 heterocycles. The van der Waals surface area contributed by atoms with E-state index in [1.54, 1.807) is 0 Å². The summed E-state index contributed by atoms with van der Waals surface area (Å²) in [5.41, 5.74) is 1.45. The minimum Gasteiger partial charge on any atom is -0.503 e. The van der Waals surface area contributed by atoms with Crippen molar-refractivity contribution < 1.29 is 5.11 Å². The summed E-state index contributed by atoms with van der Waals surface area (Å²) in [6.45, 7) is 11.8. The maximum absolute atomic E-state index is 11.9. The van der Waals surface area contributed by atoms with E-state index in [0.29, 0.717) is 6.54 Å². The van der Waals surface area contributed by atoms with Gasteiger partial charge in [-0.2, -0.15) is 0 Å². The fraction of sp³-hybridized carbons (Fsp3) is 0.706. The first-order valence-corrected chi connectivity index (χ1v) is 8.19. The van der Waals surface area contributed by atoms with E-state index in [0.717, 1.165) is 56.7 Å². The zero-order valence-corrected chi connectivity index (χ0v) is 14.0. The van der Waals surface area contributed by atoms with Crippen LogP contribution in [0.3, 0.4) is 0 Å². The molecule has 1 aromatic rings. The molecule has 0 atom stereocenters. The number of hydrogen-bond donors (Lipinski definition) is 1. The van der Waals surface area contributed by atoms with Crippen LogP contribution < -0.4 is 5.43 Å². The molecule has 0 aliphatic carbocycles. The van der Waals surface area contributed by atoms with E-state index < -0.39 is 0 Å². The number of nitrogens with zero attached hydrogens (tertiary/aromatic N) is 2. The lowest BCUT2D eigenvalue weighted by molar-refractivity contribution is 0.261. The Morgan fingerprint density at radius 3 is 2.43 bits per heavy atom. The number of aromatic hydroxyl groups is 1. The highest BCUT2D eigenvalue weighted by Gasteiger charge is 2.15. The number of aromatic nitrogens is 1. The molecule has 0 bridgehead atoms. The summed E-state index contributed by atoms with van der Waals surface area (Å²) < 4.78 is 2.11. The van der Waals surface area contributed by atoms with Crippen molar-refractivity contribution in [1.29, 1.82) is 0 Å². The zero-order valence-electron chi connectivity index (χ0n) is 14.0. The van der Waals surface area contributed by atoms with Crippen molar-refractivity contribution in [2.45, 2.75) is 66.5 Å². The van der Waals surface area contributed by atoms with Crippen LogP contribution in [0.25, 0.3) is 0 Å². The fourth-order valence-corrected chi connectivity index (χ4v) is 2.55. The van der Waals surface area contributed by atoms with Crippen LogP contribution >= 0.6 is 0 Å². The van der Waals surface area contributed by atoms with E-state index in [1.807, 2.05) is 6.92 Å². The molecule has 0 saturated heterocycles. The summed E-state index contributed by atoms with van der Waals surface area (Å²) >= 11 is 0. The van der Waals surface area contributed by atoms with Crippen molar-refractivity contribution in [3.63, 3.8) is 0 Å². The summed E-state index contributed by atoms with van der Waals surface area (Å²) in [5, 5.41) is 10.2. The van der Waals surface area contributed by atoms with Crippen LogP contribution in [0.5, 0.6) is 5.75 Å². The predicted molar refractivity (Wildman–Crippen MR) is 87.9 cm³/mol. The van der Waals surface area contributed by atoms with Crippen LogP contribution in [0.1, 0.15) is 57.8 Å². The first-order valence-electron chi connectivity index (χ1n) is 8.19. The summed E-state index contributed by atoms with van der Waals surface area (Å²) in [7, 11) is 0. The number of aryl methyl sites for hydroxylation is 1. The predicted octanol–water partition coefficient (Wildman–Crippen LogP) is 3.28. The van der Waals surface area contributed by atoms with Crippen molar-refractivity contribution in [2.24, 2.45) is 0 Å². The highest BCUT2D eigenvalue weighted by molar-refractivity contribution is 5.29. The zero-order chi connectivity index (χ0) is 15.8. The Morgan fingerprint density at radius 1 is 1.19 bits per heavy atom. The molecule has 0 amide bonds. The monoisotopic (exact) mass is 294 g/mol. The summed E-state index contributed by atoms with van der Waals surface area (Å²) in [6.07, 6.45) is 4.44. The molecule has 0 aliphatic heterocycles. The molecule has 21 heavy (non-hydrogen) atoms. The van der Waals surface area contributed by atoms with Gasteiger partial charge < -0.3 is 9.67 Å². The Hall–Kier alpha value is -1.29. The molecular formula is C17H30N2O2. The second-order valence-electron chi connectivity index (χ2n) is 5.67. The lowest BCUT2D eigenvalue weighted by Gasteiger charge is -2.24. The molecule has 1 rings (SSSR count). The van der Waals surface area contributed by atoms with Crippen molar-refractivity contribution in [3.8, 4) is 5.75 Å². The van der Waals surface area contributed by atoms with Crippen LogP contribution in [0.2, 0.25) is 0 Å². The van der Waals surface area contributed by atoms with E-state index >= 15 is 0 Å². The van der Waals surface area contributed by atoms with Gasteiger partial charge in [0.05, 0.1) is 5.69 Å². The molecule has 0 radical (unpaired) electrons. The highest BCUT2D eigenvalue weighted by atomic mass is 16.3. The highest BCUT2D eigenvalue weighted by Crippen LogP contribution is 2.18. The largest absolute Gasteiger partial charge is 0.503 e. The van der Waals surface area contributed by atoms with Crippen molar-refractivity contribution >= 4 is 0 Å². The lowest BCUT2D eigenvalue weighted by Crippen LogP contribution is -2.28. The minimum absolute atomic E-state index is 0.0772. The Balaban J connectivity index is 3.09. The van der Waals surface area contributed by atoms with Crippen molar-refractivity contribution in [2.75, 3.05) is 13.1 Å². The lowest BCUT2D eigenvalue weighted by atomic mass is 10.2. The van der Waals surface area contributed by atoms with Gasteiger partial charge in [-0.3, -0.25) is 9.69 Å². The SMILES string of the molecule is CCCCN(CC)Cc1c(O)c(=O)cc(C)n1CCCC. The van der Waals surface area contributed by atoms with Gasteiger partial charge in [-0.1, -0.05) is 33.6 Å². The molecule has 0 spiro atoms. The fourth-order valence-electron chi connectivity index (χ4n) is 2.55. The van der Waals surface area contributed by atoms with Crippen molar-refractivity contribution in [1.82, 2.24) is 9.47 Å². The van der Waals surface area contributed by atoms with Crippen molar-refractivity contribution in [3.05, 3.63) is 27.7 Å². The Labute approximate surface area is 128 Å². The number of pyridine rings is 1. The number of rotatable bonds is 9. The third-order valence-electron chi connectivity index (χ3n) is 3.98. The van der Waals surface area contributed by atoms with E-state index in [9.17, 15) is 9.90 Å². The molecule has 0 saturated carbocycles. The normalized spacial score (nSPS) is 11.3. The molecule has 0 fully saturated rings. The summed E-state index contributed by atoms with van der Waals surface area (Å²) in [6, 6.07) is 1.54. The smallest absolute Gasteiger partial charge is 0.223 e. The quantitative estimate of drug-likeness (QED) is 0.760. The topological polar surface area (TPSA) is 45.5 Å². The molecule has 1 N–H and O–H groups in total. The standard InChI is InChI=1S/C17H30N2O2/c1-5-8-10-18(7-3)13-15-17(21)16(20)12-14(4)19(15)11-9-6-2/h12,21H,5-11,13H2,1-4H3. The maximum Gasteiger partial charge on any atom is 0.223 e. The van der Waals surface area contributed by atoms with Gasteiger partial charge >= 0.3 is 0 Å². The van der Waals surface area contributed by atoms with Crippen LogP contribution in [-0.2, 0) is 13.1 Å². The van der Waals surface area contributed by atoms with E-state index in [2.05, 4.69) is 30.2 Å². The van der Waals surface area contributed by atoms with E-state index in [-0.39, 0.29) is 11.2 Å². The van der Waals surface area contributed by atoms with Gasteiger partial charge in [-0.05, 0) is 32.9 Å². The average Bonchev–Trinajstić information content (AvgIpc) is 2.47. The maximum atomic E-state index is 11.9. The summed E-state index contributed by atoms with van der Waals surface area (Å²) in [4.78, 5) is 14.2. The third kappa shape index (κ3) is 4.88. The van der Waals surface area contributed by atoms with Crippen LogP contribution in [0.15, 0.2) is 10.9 Å². The van der Waals surface area contributed by atoms with Gasteiger partial charge in [0.1, 0.15) is 0 Å². The van der Waals surface area contributed by atoms with Gasteiger partial charge in [-0.15, -0.1) is 0 Å². The molecule has 4 heteroatoms. The van der Waals surface area contributed by atoms with E-state index in [4.69, 9.17) is 0 Å². The van der Waals surface area contributed by atoms with Gasteiger partial charge in [0.25, 0.3) is 0 Å². The molecular weight excluding hydrogens is 264 g/mol. The van der Waals surface area contributed by atoms with Crippen LogP contribution in [-0.4, -0.2) is 27.7 Å². The van der Waals surface area contributed by atoms with Gasteiger partial charge in [0.15, 0.2) is 5.75 Å². The number of hydrogen-bond acceptors (Lipinski definition) is 3. The Morgan fingerprint density at radius 2 is 1.86 bits per heavy atom. The van der Waals surface area contributed by atoms with Gasteiger partial charge in [-0.25, -0.2) is 0 Å². The Kier molecular flexibility index (Phi) is 7.51. The Bertz CT molecular complexity index is 494. The van der Waals surface area contributed by atoms with Crippen LogP contribution in [0.4, 0.5) is 0 Å². The first-order chi connectivity index (χ1) is 10.0. The second kappa shape index (κ2) is 8.88. The second-order valence-corrected chi connectivity index (χ2v) is 5.67. The molecule has 1 aromatic heterocycles. The third-order valence-corrected chi connectivity index (χ3v) is 3.98. The van der Waals surface area contributed by atoms with E-state index in [1.165, 1.54) is 6.07 Å². The molecule has 4 nitrogen and oxygen atoms in total. The molecule has 0 aromatic carbocycles. The van der Waals surface area contributed by atoms with Crippen LogP contribution in [0, 0.1) is 6.92 Å². The number of unbranched alkanes of at least 4 members (excludes halogenated alkanes) is 2. The summed E-state index contributed by atoms with van der Waals surface area (Å²) in [5.74, 6) is -0.0772. The molecule has 0 aliphatic rings. The minimum atomic E-state index is -0.262. The van der Waals surface area contributed by atoms with Gasteiger partial charge in [0.2, 0.25) is 5.43 Å². The molecule has 0 unspecified atom stereocenters. The van der Waals surface area contributed by atoms with Gasteiger partial charge in [0, 0.05) is 24.8 Å². The molecule has 120 valence electrons. The average molecular weight is 294 g/mol.